The highest BCUT2D eigenvalue weighted by atomic mass is 16.7. The summed E-state index contributed by atoms with van der Waals surface area (Å²) in [6.45, 7) is 4.34. The Balaban J connectivity index is 1.54. The third-order valence-corrected chi connectivity index (χ3v) is 6.93. The van der Waals surface area contributed by atoms with Crippen LogP contribution in [0.4, 0.5) is 4.79 Å². The first-order chi connectivity index (χ1) is 13.6. The summed E-state index contributed by atoms with van der Waals surface area (Å²) in [5, 5.41) is 0. The van der Waals surface area contributed by atoms with Crippen molar-refractivity contribution in [2.24, 2.45) is 11.8 Å². The highest BCUT2D eigenvalue weighted by Gasteiger charge is 2.40. The minimum atomic E-state index is -0.534. The zero-order chi connectivity index (χ0) is 19.8. The molecule has 0 N–H and O–H groups in total. The lowest BCUT2D eigenvalue weighted by Gasteiger charge is -2.42. The smallest absolute Gasteiger partial charge is 0.427 e. The number of aryl methyl sites for hydroxylation is 1. The van der Waals surface area contributed by atoms with Gasteiger partial charge in [0, 0.05) is 0 Å². The zero-order valence-corrected chi connectivity index (χ0v) is 17.9. The normalized spacial score (nSPS) is 26.0. The van der Waals surface area contributed by atoms with Crippen LogP contribution in [0.2, 0.25) is 0 Å². The fourth-order valence-corrected chi connectivity index (χ4v) is 5.41. The van der Waals surface area contributed by atoms with Gasteiger partial charge in [0.25, 0.3) is 0 Å². The summed E-state index contributed by atoms with van der Waals surface area (Å²) in [4.78, 5) is 12.5. The van der Waals surface area contributed by atoms with E-state index in [9.17, 15) is 4.79 Å². The molecule has 3 heteroatoms. The molecule has 0 aromatic heterocycles. The Hall–Kier alpha value is -1.51. The molecule has 2 saturated carbocycles. The van der Waals surface area contributed by atoms with Gasteiger partial charge in [-0.25, -0.2) is 4.79 Å². The predicted octanol–water partition coefficient (Wildman–Crippen LogP) is 7.46. The van der Waals surface area contributed by atoms with Gasteiger partial charge in [-0.15, -0.1) is 0 Å². The SMILES string of the molecule is CCCc1ccc(OC(=O)OC2(CCC)CCC(C3CCCCC3)CC2)cc1. The number of carbonyl (C=O) groups is 1. The zero-order valence-electron chi connectivity index (χ0n) is 17.9. The maximum atomic E-state index is 12.5. The molecule has 3 nitrogen and oxygen atoms in total. The molecule has 0 spiro atoms. The third kappa shape index (κ3) is 5.75. The predicted molar refractivity (Wildman–Crippen MR) is 114 cm³/mol. The molecule has 1 aromatic carbocycles. The van der Waals surface area contributed by atoms with Gasteiger partial charge in [0.15, 0.2) is 0 Å². The van der Waals surface area contributed by atoms with Crippen LogP contribution in [0.1, 0.15) is 96.5 Å². The van der Waals surface area contributed by atoms with Gasteiger partial charge in [0.1, 0.15) is 11.4 Å². The van der Waals surface area contributed by atoms with Gasteiger partial charge < -0.3 is 9.47 Å². The fraction of sp³-hybridized carbons (Fsp3) is 0.720. The molecule has 0 bridgehead atoms. The molecule has 2 fully saturated rings. The minimum Gasteiger partial charge on any atom is -0.427 e. The summed E-state index contributed by atoms with van der Waals surface area (Å²) in [6, 6.07) is 7.81. The van der Waals surface area contributed by atoms with E-state index in [2.05, 4.69) is 13.8 Å². The van der Waals surface area contributed by atoms with Crippen LogP contribution in [0.15, 0.2) is 24.3 Å². The Bertz CT molecular complexity index is 593. The summed E-state index contributed by atoms with van der Waals surface area (Å²) in [5.41, 5.74) is 0.950. The lowest BCUT2D eigenvalue weighted by molar-refractivity contribution is -0.0575. The first kappa shape index (κ1) is 21.2. The van der Waals surface area contributed by atoms with Crippen LogP contribution in [0, 0.1) is 11.8 Å². The van der Waals surface area contributed by atoms with Crippen molar-refractivity contribution in [2.75, 3.05) is 0 Å². The molecular weight excluding hydrogens is 348 g/mol. The van der Waals surface area contributed by atoms with Crippen LogP contribution in [0.25, 0.3) is 0 Å². The lowest BCUT2D eigenvalue weighted by atomic mass is 9.68. The van der Waals surface area contributed by atoms with Crippen LogP contribution in [-0.2, 0) is 11.2 Å². The largest absolute Gasteiger partial charge is 0.514 e. The van der Waals surface area contributed by atoms with Gasteiger partial charge in [-0.2, -0.15) is 0 Å². The maximum Gasteiger partial charge on any atom is 0.514 e. The summed E-state index contributed by atoms with van der Waals surface area (Å²) in [5.74, 6) is 2.31. The Labute approximate surface area is 171 Å². The quantitative estimate of drug-likeness (QED) is 0.360. The van der Waals surface area contributed by atoms with Crippen molar-refractivity contribution < 1.29 is 14.3 Å². The van der Waals surface area contributed by atoms with Crippen LogP contribution in [0.5, 0.6) is 5.75 Å². The molecule has 0 amide bonds. The van der Waals surface area contributed by atoms with Gasteiger partial charge in [-0.05, 0) is 68.1 Å². The number of ether oxygens (including phenoxy) is 2. The summed E-state index contributed by atoms with van der Waals surface area (Å²) in [7, 11) is 0. The molecule has 0 heterocycles. The van der Waals surface area contributed by atoms with Crippen molar-refractivity contribution in [2.45, 2.75) is 103 Å². The van der Waals surface area contributed by atoms with Gasteiger partial charge in [-0.3, -0.25) is 0 Å². The fourth-order valence-electron chi connectivity index (χ4n) is 5.41. The van der Waals surface area contributed by atoms with E-state index in [1.54, 1.807) is 0 Å². The van der Waals surface area contributed by atoms with E-state index in [0.717, 1.165) is 50.4 Å². The topological polar surface area (TPSA) is 35.5 Å². The molecule has 0 radical (unpaired) electrons. The van der Waals surface area contributed by atoms with Crippen molar-refractivity contribution in [1.29, 1.82) is 0 Å². The standard InChI is InChI=1S/C25H38O3/c1-3-8-20-11-13-23(14-12-20)27-24(26)28-25(17-4-2)18-15-22(16-19-25)21-9-6-5-7-10-21/h11-14,21-22H,3-10,15-19H2,1-2H3. The van der Waals surface area contributed by atoms with Crippen molar-refractivity contribution in [3.05, 3.63) is 29.8 Å². The van der Waals surface area contributed by atoms with Crippen LogP contribution in [0.3, 0.4) is 0 Å². The average molecular weight is 387 g/mol. The van der Waals surface area contributed by atoms with Crippen molar-refractivity contribution >= 4 is 6.16 Å². The molecule has 0 atom stereocenters. The number of hydrogen-bond acceptors (Lipinski definition) is 3. The first-order valence-corrected chi connectivity index (χ1v) is 11.6. The average Bonchev–Trinajstić information content (AvgIpc) is 2.71. The summed E-state index contributed by atoms with van der Waals surface area (Å²) in [6.07, 6.45) is 15.0. The minimum absolute atomic E-state index is 0.320. The van der Waals surface area contributed by atoms with E-state index in [4.69, 9.17) is 9.47 Å². The number of rotatable bonds is 7. The number of hydrogen-bond donors (Lipinski definition) is 0. The van der Waals surface area contributed by atoms with Gasteiger partial charge in [0.05, 0.1) is 0 Å². The molecule has 3 rings (SSSR count). The second-order valence-corrected chi connectivity index (χ2v) is 9.02. The Morgan fingerprint density at radius 1 is 0.929 bits per heavy atom. The van der Waals surface area contributed by atoms with Crippen LogP contribution < -0.4 is 4.74 Å². The van der Waals surface area contributed by atoms with E-state index < -0.39 is 6.16 Å². The third-order valence-electron chi connectivity index (χ3n) is 6.93. The Kier molecular flexibility index (Phi) is 7.82. The van der Waals surface area contributed by atoms with Gasteiger partial charge in [-0.1, -0.05) is 70.9 Å². The van der Waals surface area contributed by atoms with E-state index >= 15 is 0 Å². The molecule has 0 saturated heterocycles. The molecule has 2 aliphatic carbocycles. The van der Waals surface area contributed by atoms with E-state index in [-0.39, 0.29) is 5.60 Å². The molecular formula is C25H38O3. The van der Waals surface area contributed by atoms with Crippen molar-refractivity contribution in [3.8, 4) is 5.75 Å². The van der Waals surface area contributed by atoms with Crippen molar-refractivity contribution in [1.82, 2.24) is 0 Å². The second kappa shape index (κ2) is 10.3. The molecule has 2 aliphatic rings. The van der Waals surface area contributed by atoms with Gasteiger partial charge in [0.2, 0.25) is 0 Å². The first-order valence-electron chi connectivity index (χ1n) is 11.6. The van der Waals surface area contributed by atoms with E-state index in [1.807, 2.05) is 24.3 Å². The van der Waals surface area contributed by atoms with Crippen LogP contribution >= 0.6 is 0 Å². The molecule has 28 heavy (non-hydrogen) atoms. The van der Waals surface area contributed by atoms with E-state index in [1.165, 1.54) is 50.5 Å². The van der Waals surface area contributed by atoms with Crippen LogP contribution in [-0.4, -0.2) is 11.8 Å². The Morgan fingerprint density at radius 3 is 2.18 bits per heavy atom. The number of benzene rings is 1. The Morgan fingerprint density at radius 2 is 1.57 bits per heavy atom. The van der Waals surface area contributed by atoms with E-state index in [0.29, 0.717) is 5.75 Å². The molecule has 156 valence electrons. The van der Waals surface area contributed by atoms with Crippen molar-refractivity contribution in [3.63, 3.8) is 0 Å². The monoisotopic (exact) mass is 386 g/mol. The van der Waals surface area contributed by atoms with Gasteiger partial charge >= 0.3 is 6.16 Å². The maximum absolute atomic E-state index is 12.5. The highest BCUT2D eigenvalue weighted by Crippen LogP contribution is 2.44. The molecule has 0 aliphatic heterocycles. The lowest BCUT2D eigenvalue weighted by Crippen LogP contribution is -2.41. The second-order valence-electron chi connectivity index (χ2n) is 9.02. The summed E-state index contributed by atoms with van der Waals surface area (Å²) < 4.78 is 11.5. The number of carbonyl (C=O) groups excluding carboxylic acids is 1. The summed E-state index contributed by atoms with van der Waals surface area (Å²) >= 11 is 0. The molecule has 1 aromatic rings. The molecule has 0 unspecified atom stereocenters. The highest BCUT2D eigenvalue weighted by molar-refractivity contribution is 5.64.